The van der Waals surface area contributed by atoms with Crippen LogP contribution in [0.1, 0.15) is 35.3 Å². The lowest BCUT2D eigenvalue weighted by Gasteiger charge is -2.13. The van der Waals surface area contributed by atoms with Gasteiger partial charge in [-0.2, -0.15) is 0 Å². The smallest absolute Gasteiger partial charge is 0.338 e. The number of hydrogen-bond acceptors (Lipinski definition) is 7. The van der Waals surface area contributed by atoms with Gasteiger partial charge in [0.1, 0.15) is 24.2 Å². The Balaban J connectivity index is 1.79. The molecule has 148 valence electrons. The van der Waals surface area contributed by atoms with Crippen LogP contribution in [0.2, 0.25) is 0 Å². The van der Waals surface area contributed by atoms with Gasteiger partial charge in [-0.25, -0.2) is 4.79 Å². The molecule has 0 bridgehead atoms. The number of thioether (sulfide) groups is 1. The summed E-state index contributed by atoms with van der Waals surface area (Å²) in [7, 11) is 0. The first-order valence-electron chi connectivity index (χ1n) is 8.87. The summed E-state index contributed by atoms with van der Waals surface area (Å²) in [4.78, 5) is 23.6. The topological polar surface area (TPSA) is 87.9 Å². The molecule has 1 atom stereocenters. The average molecular weight is 403 g/mol. The molecule has 0 saturated carbocycles. The number of fused-ring (bicyclic) bond motifs is 1. The standard InChI is InChI=1S/C20H21NO6S/c1-4-25-17-9-14-7-12(2)27-18(14)10-15(17)11-26-20(22)13-5-6-19(28-3)16(8-13)21(23)24/h5-6,8-10,12H,4,7,11H2,1-3H3. The van der Waals surface area contributed by atoms with E-state index in [-0.39, 0.29) is 24.0 Å². The second kappa shape index (κ2) is 8.52. The number of nitro benzene ring substituents is 1. The molecule has 1 unspecified atom stereocenters. The van der Waals surface area contributed by atoms with E-state index < -0.39 is 10.9 Å². The highest BCUT2D eigenvalue weighted by atomic mass is 32.2. The molecule has 0 amide bonds. The van der Waals surface area contributed by atoms with E-state index in [9.17, 15) is 14.9 Å². The summed E-state index contributed by atoms with van der Waals surface area (Å²) >= 11 is 1.25. The van der Waals surface area contributed by atoms with Crippen LogP contribution >= 0.6 is 11.8 Å². The molecule has 1 heterocycles. The molecular formula is C20H21NO6S. The second-order valence-electron chi connectivity index (χ2n) is 6.35. The number of rotatable bonds is 7. The zero-order valence-corrected chi connectivity index (χ0v) is 16.7. The normalized spacial score (nSPS) is 14.9. The Morgan fingerprint density at radius 3 is 2.82 bits per heavy atom. The molecule has 0 N–H and O–H groups in total. The molecule has 7 nitrogen and oxygen atoms in total. The molecule has 0 saturated heterocycles. The Kier molecular flexibility index (Phi) is 6.08. The number of nitro groups is 1. The van der Waals surface area contributed by atoms with Gasteiger partial charge in [-0.1, -0.05) is 0 Å². The van der Waals surface area contributed by atoms with Crippen molar-refractivity contribution in [1.29, 1.82) is 0 Å². The zero-order chi connectivity index (χ0) is 20.3. The van der Waals surface area contributed by atoms with Crippen molar-refractivity contribution in [3.8, 4) is 11.5 Å². The van der Waals surface area contributed by atoms with Gasteiger partial charge >= 0.3 is 5.97 Å². The first-order valence-corrected chi connectivity index (χ1v) is 10.1. The summed E-state index contributed by atoms with van der Waals surface area (Å²) < 4.78 is 16.8. The van der Waals surface area contributed by atoms with E-state index >= 15 is 0 Å². The first kappa shape index (κ1) is 20.0. The fourth-order valence-corrected chi connectivity index (χ4v) is 3.62. The maximum Gasteiger partial charge on any atom is 0.338 e. The van der Waals surface area contributed by atoms with Gasteiger partial charge in [-0.05, 0) is 44.4 Å². The largest absolute Gasteiger partial charge is 0.493 e. The lowest BCUT2D eigenvalue weighted by molar-refractivity contribution is -0.387. The minimum atomic E-state index is -0.631. The van der Waals surface area contributed by atoms with Gasteiger partial charge in [0.25, 0.3) is 5.69 Å². The third kappa shape index (κ3) is 4.22. The van der Waals surface area contributed by atoms with Crippen molar-refractivity contribution in [2.45, 2.75) is 37.9 Å². The van der Waals surface area contributed by atoms with Gasteiger partial charge in [0.05, 0.1) is 22.0 Å². The molecule has 2 aromatic rings. The van der Waals surface area contributed by atoms with Crippen LogP contribution < -0.4 is 9.47 Å². The summed E-state index contributed by atoms with van der Waals surface area (Å²) in [5.74, 6) is 0.783. The molecule has 0 aliphatic carbocycles. The Bertz CT molecular complexity index is 914. The van der Waals surface area contributed by atoms with Crippen LogP contribution in [-0.4, -0.2) is 29.9 Å². The van der Waals surface area contributed by atoms with Gasteiger partial charge in [-0.15, -0.1) is 11.8 Å². The maximum absolute atomic E-state index is 12.4. The van der Waals surface area contributed by atoms with Crippen LogP contribution in [0.3, 0.4) is 0 Å². The van der Waals surface area contributed by atoms with E-state index in [1.807, 2.05) is 26.0 Å². The lowest BCUT2D eigenvalue weighted by Crippen LogP contribution is -2.08. The van der Waals surface area contributed by atoms with E-state index in [4.69, 9.17) is 14.2 Å². The van der Waals surface area contributed by atoms with Gasteiger partial charge in [-0.3, -0.25) is 10.1 Å². The molecular weight excluding hydrogens is 382 g/mol. The van der Waals surface area contributed by atoms with Crippen molar-refractivity contribution in [2.24, 2.45) is 0 Å². The summed E-state index contributed by atoms with van der Waals surface area (Å²) in [6.07, 6.45) is 2.64. The van der Waals surface area contributed by atoms with Crippen molar-refractivity contribution >= 4 is 23.4 Å². The number of ether oxygens (including phenoxy) is 3. The van der Waals surface area contributed by atoms with Crippen molar-refractivity contribution in [2.75, 3.05) is 12.9 Å². The van der Waals surface area contributed by atoms with Crippen molar-refractivity contribution < 1.29 is 23.9 Å². The number of hydrogen-bond donors (Lipinski definition) is 0. The third-order valence-corrected chi connectivity index (χ3v) is 5.13. The average Bonchev–Trinajstić information content (AvgIpc) is 3.04. The Morgan fingerprint density at radius 2 is 2.14 bits per heavy atom. The Hall–Kier alpha value is -2.74. The molecule has 28 heavy (non-hydrogen) atoms. The number of benzene rings is 2. The maximum atomic E-state index is 12.4. The minimum absolute atomic E-state index is 0.0166. The minimum Gasteiger partial charge on any atom is -0.493 e. The van der Waals surface area contributed by atoms with E-state index in [0.29, 0.717) is 22.8 Å². The summed E-state index contributed by atoms with van der Waals surface area (Å²) in [5, 5.41) is 11.2. The SMILES string of the molecule is CCOc1cc2c(cc1COC(=O)c1ccc(SC)c([N+](=O)[O-])c1)OC(C)C2. The summed E-state index contributed by atoms with van der Waals surface area (Å²) in [6.45, 7) is 4.34. The molecule has 1 aliphatic rings. The number of carbonyl (C=O) groups excluding carboxylic acids is 1. The van der Waals surface area contributed by atoms with Crippen molar-refractivity contribution in [3.63, 3.8) is 0 Å². The molecule has 0 spiro atoms. The van der Waals surface area contributed by atoms with E-state index in [1.165, 1.54) is 23.9 Å². The monoisotopic (exact) mass is 403 g/mol. The number of esters is 1. The highest BCUT2D eigenvalue weighted by Crippen LogP contribution is 2.35. The quantitative estimate of drug-likeness (QED) is 0.293. The first-order chi connectivity index (χ1) is 13.4. The molecule has 1 aliphatic heterocycles. The van der Waals surface area contributed by atoms with Crippen molar-refractivity contribution in [3.05, 3.63) is 57.1 Å². The fourth-order valence-electron chi connectivity index (χ4n) is 3.07. The van der Waals surface area contributed by atoms with E-state index in [1.54, 1.807) is 12.3 Å². The van der Waals surface area contributed by atoms with E-state index in [0.717, 1.165) is 17.7 Å². The molecule has 0 aromatic heterocycles. The predicted octanol–water partition coefficient (Wildman–Crippen LogP) is 4.40. The van der Waals surface area contributed by atoms with Crippen LogP contribution in [-0.2, 0) is 17.8 Å². The van der Waals surface area contributed by atoms with Crippen molar-refractivity contribution in [1.82, 2.24) is 0 Å². The molecule has 3 rings (SSSR count). The van der Waals surface area contributed by atoms with Crippen LogP contribution in [0.4, 0.5) is 5.69 Å². The Labute approximate surface area is 167 Å². The molecule has 2 aromatic carbocycles. The van der Waals surface area contributed by atoms with E-state index in [2.05, 4.69) is 0 Å². The summed E-state index contributed by atoms with van der Waals surface area (Å²) in [6, 6.07) is 8.07. The Morgan fingerprint density at radius 1 is 1.36 bits per heavy atom. The number of carbonyl (C=O) groups is 1. The highest BCUT2D eigenvalue weighted by molar-refractivity contribution is 7.98. The van der Waals surface area contributed by atoms with Gasteiger partial charge in [0.15, 0.2) is 0 Å². The summed E-state index contributed by atoms with van der Waals surface area (Å²) in [5.41, 5.74) is 1.78. The van der Waals surface area contributed by atoms with Gasteiger partial charge in [0, 0.05) is 23.6 Å². The molecule has 0 radical (unpaired) electrons. The fraction of sp³-hybridized carbons (Fsp3) is 0.350. The lowest BCUT2D eigenvalue weighted by atomic mass is 10.1. The second-order valence-corrected chi connectivity index (χ2v) is 7.20. The zero-order valence-electron chi connectivity index (χ0n) is 15.9. The van der Waals surface area contributed by atoms with Gasteiger partial charge < -0.3 is 14.2 Å². The third-order valence-electron chi connectivity index (χ3n) is 4.35. The molecule has 8 heteroatoms. The highest BCUT2D eigenvalue weighted by Gasteiger charge is 2.23. The molecule has 0 fully saturated rings. The number of nitrogens with zero attached hydrogens (tertiary/aromatic N) is 1. The predicted molar refractivity (Wildman–Crippen MR) is 105 cm³/mol. The van der Waals surface area contributed by atoms with Crippen LogP contribution in [0.15, 0.2) is 35.2 Å². The van der Waals surface area contributed by atoms with Crippen LogP contribution in [0, 0.1) is 10.1 Å². The van der Waals surface area contributed by atoms with Crippen LogP contribution in [0.25, 0.3) is 0 Å². The van der Waals surface area contributed by atoms with Gasteiger partial charge in [0.2, 0.25) is 0 Å². The van der Waals surface area contributed by atoms with Crippen LogP contribution in [0.5, 0.6) is 11.5 Å².